The largest absolute Gasteiger partial charge is 0.492 e. The van der Waals surface area contributed by atoms with E-state index in [0.29, 0.717) is 6.61 Å². The minimum atomic E-state index is 0.706. The Labute approximate surface area is 150 Å². The summed E-state index contributed by atoms with van der Waals surface area (Å²) in [5, 5.41) is 0. The van der Waals surface area contributed by atoms with E-state index < -0.39 is 0 Å². The second-order valence-electron chi connectivity index (χ2n) is 6.31. The Morgan fingerprint density at radius 2 is 2.12 bits per heavy atom. The van der Waals surface area contributed by atoms with Crippen molar-refractivity contribution in [3.05, 3.63) is 42.5 Å². The maximum absolute atomic E-state index is 5.98. The fourth-order valence-electron chi connectivity index (χ4n) is 3.01. The number of nitrogens with zero attached hydrogens (tertiary/aromatic N) is 4. The van der Waals surface area contributed by atoms with Crippen LogP contribution in [-0.2, 0) is 18.3 Å². The Kier molecular flexibility index (Phi) is 6.30. The number of aromatic nitrogens is 2. The second-order valence-corrected chi connectivity index (χ2v) is 6.31. The van der Waals surface area contributed by atoms with Crippen LogP contribution >= 0.6 is 0 Å². The molecule has 6 nitrogen and oxygen atoms in total. The zero-order valence-corrected chi connectivity index (χ0v) is 15.2. The number of anilines is 1. The SMILES string of the molecule is CCN(Cc1cncn1C)c1cccc(OCCN2CCOCC2)c1. The summed E-state index contributed by atoms with van der Waals surface area (Å²) in [6.07, 6.45) is 3.76. The van der Waals surface area contributed by atoms with Gasteiger partial charge < -0.3 is 18.9 Å². The Hall–Kier alpha value is -2.05. The minimum absolute atomic E-state index is 0.706. The van der Waals surface area contributed by atoms with Gasteiger partial charge in [-0.05, 0) is 19.1 Å². The summed E-state index contributed by atoms with van der Waals surface area (Å²) in [5.41, 5.74) is 2.37. The van der Waals surface area contributed by atoms with Crippen LogP contribution in [0.3, 0.4) is 0 Å². The van der Waals surface area contributed by atoms with Crippen molar-refractivity contribution in [1.82, 2.24) is 14.5 Å². The Morgan fingerprint density at radius 3 is 2.84 bits per heavy atom. The Balaban J connectivity index is 1.56. The third kappa shape index (κ3) is 4.96. The predicted molar refractivity (Wildman–Crippen MR) is 99.1 cm³/mol. The van der Waals surface area contributed by atoms with Crippen molar-refractivity contribution in [2.45, 2.75) is 13.5 Å². The van der Waals surface area contributed by atoms with Crippen LogP contribution in [0, 0.1) is 0 Å². The first kappa shape index (κ1) is 17.8. The number of morpholine rings is 1. The molecule has 1 aliphatic heterocycles. The molecule has 1 fully saturated rings. The van der Waals surface area contributed by atoms with Crippen molar-refractivity contribution in [3.8, 4) is 5.75 Å². The molecule has 2 aromatic rings. The summed E-state index contributed by atoms with van der Waals surface area (Å²) in [5.74, 6) is 0.925. The highest BCUT2D eigenvalue weighted by molar-refractivity contribution is 5.50. The number of rotatable bonds is 8. The lowest BCUT2D eigenvalue weighted by molar-refractivity contribution is 0.0322. The van der Waals surface area contributed by atoms with E-state index in [1.54, 1.807) is 0 Å². The molecule has 3 rings (SSSR count). The standard InChI is InChI=1S/C19H28N4O2/c1-3-23(15-18-14-20-16-21(18)2)17-5-4-6-19(13-17)25-12-9-22-7-10-24-11-8-22/h4-6,13-14,16H,3,7-12,15H2,1-2H3. The highest BCUT2D eigenvalue weighted by Gasteiger charge is 2.11. The lowest BCUT2D eigenvalue weighted by Gasteiger charge is -2.26. The first-order chi connectivity index (χ1) is 12.3. The summed E-state index contributed by atoms with van der Waals surface area (Å²) in [6.45, 7) is 9.24. The molecule has 0 N–H and O–H groups in total. The van der Waals surface area contributed by atoms with E-state index in [2.05, 4.69) is 44.5 Å². The molecule has 0 bridgehead atoms. The van der Waals surface area contributed by atoms with Crippen molar-refractivity contribution in [3.63, 3.8) is 0 Å². The van der Waals surface area contributed by atoms with Gasteiger partial charge in [0.15, 0.2) is 0 Å². The fourth-order valence-corrected chi connectivity index (χ4v) is 3.01. The van der Waals surface area contributed by atoms with Gasteiger partial charge in [0.1, 0.15) is 12.4 Å². The summed E-state index contributed by atoms with van der Waals surface area (Å²) < 4.78 is 13.4. The predicted octanol–water partition coefficient (Wildman–Crippen LogP) is 2.16. The van der Waals surface area contributed by atoms with Crippen LogP contribution in [-0.4, -0.2) is 60.5 Å². The summed E-state index contributed by atoms with van der Waals surface area (Å²) in [7, 11) is 2.03. The van der Waals surface area contributed by atoms with Crippen LogP contribution in [0.25, 0.3) is 0 Å². The van der Waals surface area contributed by atoms with Crippen molar-refractivity contribution in [2.24, 2.45) is 7.05 Å². The maximum atomic E-state index is 5.98. The zero-order chi connectivity index (χ0) is 17.5. The van der Waals surface area contributed by atoms with Crippen LogP contribution < -0.4 is 9.64 Å². The molecular formula is C19H28N4O2. The number of hydrogen-bond donors (Lipinski definition) is 0. The van der Waals surface area contributed by atoms with Crippen LogP contribution in [0.2, 0.25) is 0 Å². The highest BCUT2D eigenvalue weighted by atomic mass is 16.5. The molecule has 136 valence electrons. The average molecular weight is 344 g/mol. The van der Waals surface area contributed by atoms with Crippen molar-refractivity contribution >= 4 is 5.69 Å². The van der Waals surface area contributed by atoms with Crippen LogP contribution in [0.4, 0.5) is 5.69 Å². The molecule has 1 aromatic carbocycles. The van der Waals surface area contributed by atoms with Crippen molar-refractivity contribution in [2.75, 3.05) is 50.9 Å². The van der Waals surface area contributed by atoms with Gasteiger partial charge in [-0.15, -0.1) is 0 Å². The van der Waals surface area contributed by atoms with Gasteiger partial charge in [0.05, 0.1) is 31.8 Å². The molecule has 0 amide bonds. The molecule has 6 heteroatoms. The van der Waals surface area contributed by atoms with E-state index in [1.165, 1.54) is 11.4 Å². The molecule has 1 saturated heterocycles. The molecule has 2 heterocycles. The summed E-state index contributed by atoms with van der Waals surface area (Å²) in [6, 6.07) is 8.35. The maximum Gasteiger partial charge on any atom is 0.121 e. The first-order valence-corrected chi connectivity index (χ1v) is 8.99. The van der Waals surface area contributed by atoms with Gasteiger partial charge in [0.25, 0.3) is 0 Å². The van der Waals surface area contributed by atoms with E-state index in [-0.39, 0.29) is 0 Å². The van der Waals surface area contributed by atoms with Crippen LogP contribution in [0.1, 0.15) is 12.6 Å². The van der Waals surface area contributed by atoms with Crippen molar-refractivity contribution < 1.29 is 9.47 Å². The normalized spacial score (nSPS) is 15.3. The molecule has 0 atom stereocenters. The number of benzene rings is 1. The second kappa shape index (κ2) is 8.87. The number of hydrogen-bond acceptors (Lipinski definition) is 5. The number of aryl methyl sites for hydroxylation is 1. The zero-order valence-electron chi connectivity index (χ0n) is 15.2. The fraction of sp³-hybridized carbons (Fsp3) is 0.526. The summed E-state index contributed by atoms with van der Waals surface area (Å²) >= 11 is 0. The van der Waals surface area contributed by atoms with E-state index in [0.717, 1.165) is 51.7 Å². The lowest BCUT2D eigenvalue weighted by atomic mass is 10.2. The third-order valence-corrected chi connectivity index (χ3v) is 4.61. The van der Waals surface area contributed by atoms with E-state index >= 15 is 0 Å². The van der Waals surface area contributed by atoms with Gasteiger partial charge in [-0.3, -0.25) is 4.90 Å². The van der Waals surface area contributed by atoms with Gasteiger partial charge >= 0.3 is 0 Å². The lowest BCUT2D eigenvalue weighted by Crippen LogP contribution is -2.38. The van der Waals surface area contributed by atoms with E-state index in [9.17, 15) is 0 Å². The topological polar surface area (TPSA) is 42.8 Å². The molecular weight excluding hydrogens is 316 g/mol. The van der Waals surface area contributed by atoms with Gasteiger partial charge in [0.2, 0.25) is 0 Å². The van der Waals surface area contributed by atoms with Crippen LogP contribution in [0.15, 0.2) is 36.8 Å². The smallest absolute Gasteiger partial charge is 0.121 e. The monoisotopic (exact) mass is 344 g/mol. The van der Waals surface area contributed by atoms with Crippen molar-refractivity contribution in [1.29, 1.82) is 0 Å². The molecule has 0 saturated carbocycles. The molecule has 1 aliphatic rings. The van der Waals surface area contributed by atoms with E-state index in [1.807, 2.05) is 25.6 Å². The quantitative estimate of drug-likeness (QED) is 0.734. The highest BCUT2D eigenvalue weighted by Crippen LogP contribution is 2.22. The molecule has 1 aromatic heterocycles. The average Bonchev–Trinajstić information content (AvgIpc) is 3.05. The third-order valence-electron chi connectivity index (χ3n) is 4.61. The van der Waals surface area contributed by atoms with Gasteiger partial charge in [-0.25, -0.2) is 4.98 Å². The first-order valence-electron chi connectivity index (χ1n) is 8.99. The Morgan fingerprint density at radius 1 is 1.28 bits per heavy atom. The molecule has 25 heavy (non-hydrogen) atoms. The van der Waals surface area contributed by atoms with Gasteiger partial charge in [-0.2, -0.15) is 0 Å². The summed E-state index contributed by atoms with van der Waals surface area (Å²) in [4.78, 5) is 8.91. The molecule has 0 spiro atoms. The number of ether oxygens (including phenoxy) is 2. The number of imidazole rings is 1. The van der Waals surface area contributed by atoms with E-state index in [4.69, 9.17) is 9.47 Å². The molecule has 0 radical (unpaired) electrons. The molecule has 0 unspecified atom stereocenters. The van der Waals surface area contributed by atoms with Gasteiger partial charge in [0, 0.05) is 51.2 Å². The van der Waals surface area contributed by atoms with Crippen LogP contribution in [0.5, 0.6) is 5.75 Å². The molecule has 0 aliphatic carbocycles. The van der Waals surface area contributed by atoms with Gasteiger partial charge in [-0.1, -0.05) is 6.07 Å². The minimum Gasteiger partial charge on any atom is -0.492 e. The Bertz CT molecular complexity index is 652.